The van der Waals surface area contributed by atoms with E-state index < -0.39 is 0 Å². The number of hydrogen-bond acceptors (Lipinski definition) is 3. The third-order valence-corrected chi connectivity index (χ3v) is 2.67. The lowest BCUT2D eigenvalue weighted by Gasteiger charge is -2.06. The molecule has 0 saturated carbocycles. The van der Waals surface area contributed by atoms with Gasteiger partial charge in [0.05, 0.1) is 6.54 Å². The Labute approximate surface area is 112 Å². The molecule has 2 rings (SSSR count). The van der Waals surface area contributed by atoms with Crippen LogP contribution in [-0.2, 0) is 17.9 Å². The third kappa shape index (κ3) is 4.89. The summed E-state index contributed by atoms with van der Waals surface area (Å²) in [4.78, 5) is 15.6. The van der Waals surface area contributed by atoms with Crippen LogP contribution in [0, 0.1) is 0 Å². The Hall–Kier alpha value is -2.20. The largest absolute Gasteiger partial charge is 0.351 e. The lowest BCUT2D eigenvalue weighted by Crippen LogP contribution is -2.33. The van der Waals surface area contributed by atoms with Crippen LogP contribution in [0.2, 0.25) is 0 Å². The van der Waals surface area contributed by atoms with Crippen molar-refractivity contribution >= 4 is 5.91 Å². The Kier molecular flexibility index (Phi) is 5.07. The average Bonchev–Trinajstić information content (AvgIpc) is 2.47. The molecule has 1 aromatic heterocycles. The number of nitrogens with zero attached hydrogens (tertiary/aromatic N) is 1. The molecule has 0 radical (unpaired) electrons. The summed E-state index contributed by atoms with van der Waals surface area (Å²) in [5.41, 5.74) is 2.17. The Morgan fingerprint density at radius 3 is 2.53 bits per heavy atom. The Morgan fingerprint density at radius 1 is 1.00 bits per heavy atom. The molecule has 0 aliphatic rings. The van der Waals surface area contributed by atoms with Gasteiger partial charge in [0.15, 0.2) is 0 Å². The number of pyridine rings is 1. The molecule has 19 heavy (non-hydrogen) atoms. The van der Waals surface area contributed by atoms with E-state index in [4.69, 9.17) is 0 Å². The number of rotatable bonds is 6. The molecule has 1 amide bonds. The molecule has 98 valence electrons. The highest BCUT2D eigenvalue weighted by Crippen LogP contribution is 1.97. The highest BCUT2D eigenvalue weighted by molar-refractivity contribution is 5.77. The first kappa shape index (κ1) is 13.2. The summed E-state index contributed by atoms with van der Waals surface area (Å²) < 4.78 is 0. The molecule has 4 heteroatoms. The highest BCUT2D eigenvalue weighted by atomic mass is 16.1. The topological polar surface area (TPSA) is 54.0 Å². The molecule has 4 nitrogen and oxygen atoms in total. The normalized spacial score (nSPS) is 10.1. The van der Waals surface area contributed by atoms with Crippen molar-refractivity contribution in [2.45, 2.75) is 13.1 Å². The quantitative estimate of drug-likeness (QED) is 0.822. The summed E-state index contributed by atoms with van der Waals surface area (Å²) in [7, 11) is 0. The van der Waals surface area contributed by atoms with Crippen LogP contribution in [0.15, 0.2) is 54.9 Å². The van der Waals surface area contributed by atoms with E-state index in [0.717, 1.165) is 5.56 Å². The number of carbonyl (C=O) groups excluding carboxylic acids is 1. The molecule has 2 N–H and O–H groups in total. The zero-order chi connectivity index (χ0) is 13.3. The third-order valence-electron chi connectivity index (χ3n) is 2.67. The zero-order valence-corrected chi connectivity index (χ0v) is 10.7. The standard InChI is InChI=1S/C15H17N3O/c19-15(18-11-14-7-4-8-16-10-14)12-17-9-13-5-2-1-3-6-13/h1-8,10,17H,9,11-12H2,(H,18,19). The van der Waals surface area contributed by atoms with E-state index in [1.165, 1.54) is 5.56 Å². The van der Waals surface area contributed by atoms with Gasteiger partial charge in [-0.05, 0) is 17.2 Å². The number of amides is 1. The monoisotopic (exact) mass is 255 g/mol. The van der Waals surface area contributed by atoms with Crippen molar-refractivity contribution in [2.24, 2.45) is 0 Å². The van der Waals surface area contributed by atoms with E-state index in [9.17, 15) is 4.79 Å². The fourth-order valence-electron chi connectivity index (χ4n) is 1.68. The fraction of sp³-hybridized carbons (Fsp3) is 0.200. The van der Waals surface area contributed by atoms with Crippen molar-refractivity contribution in [1.82, 2.24) is 15.6 Å². The minimum Gasteiger partial charge on any atom is -0.351 e. The van der Waals surface area contributed by atoms with Crippen LogP contribution in [0.5, 0.6) is 0 Å². The maximum Gasteiger partial charge on any atom is 0.234 e. The number of hydrogen-bond donors (Lipinski definition) is 2. The Balaban J connectivity index is 1.65. The van der Waals surface area contributed by atoms with E-state index >= 15 is 0 Å². The summed E-state index contributed by atoms with van der Waals surface area (Å²) >= 11 is 0. The Bertz CT molecular complexity index is 499. The summed E-state index contributed by atoms with van der Waals surface area (Å²) in [6.07, 6.45) is 3.46. The molecule has 1 heterocycles. The van der Waals surface area contributed by atoms with Gasteiger partial charge >= 0.3 is 0 Å². The molecule has 0 aliphatic carbocycles. The molecule has 1 aromatic carbocycles. The lowest BCUT2D eigenvalue weighted by atomic mass is 10.2. The van der Waals surface area contributed by atoms with Gasteiger partial charge < -0.3 is 10.6 Å². The first-order valence-electron chi connectivity index (χ1n) is 6.25. The summed E-state index contributed by atoms with van der Waals surface area (Å²) in [5.74, 6) is -0.0141. The van der Waals surface area contributed by atoms with Gasteiger partial charge in [-0.2, -0.15) is 0 Å². The van der Waals surface area contributed by atoms with Gasteiger partial charge in [-0.15, -0.1) is 0 Å². The maximum atomic E-state index is 11.6. The maximum absolute atomic E-state index is 11.6. The lowest BCUT2D eigenvalue weighted by molar-refractivity contribution is -0.120. The van der Waals surface area contributed by atoms with E-state index in [-0.39, 0.29) is 5.91 Å². The fourth-order valence-corrected chi connectivity index (χ4v) is 1.68. The number of aromatic nitrogens is 1. The van der Waals surface area contributed by atoms with Crippen molar-refractivity contribution in [1.29, 1.82) is 0 Å². The van der Waals surface area contributed by atoms with Crippen LogP contribution in [0.25, 0.3) is 0 Å². The highest BCUT2D eigenvalue weighted by Gasteiger charge is 2.00. The number of nitrogens with one attached hydrogen (secondary N) is 2. The average molecular weight is 255 g/mol. The van der Waals surface area contributed by atoms with Gasteiger partial charge in [0, 0.05) is 25.5 Å². The second-order valence-electron chi connectivity index (χ2n) is 4.23. The first-order valence-corrected chi connectivity index (χ1v) is 6.25. The van der Waals surface area contributed by atoms with Crippen molar-refractivity contribution in [2.75, 3.05) is 6.54 Å². The summed E-state index contributed by atoms with van der Waals surface area (Å²) in [5, 5.41) is 5.95. The van der Waals surface area contributed by atoms with Crippen LogP contribution in [0.4, 0.5) is 0 Å². The predicted molar refractivity (Wildman–Crippen MR) is 74.2 cm³/mol. The Morgan fingerprint density at radius 2 is 1.79 bits per heavy atom. The summed E-state index contributed by atoms with van der Waals surface area (Å²) in [6.45, 7) is 1.52. The van der Waals surface area contributed by atoms with Gasteiger partial charge in [0.2, 0.25) is 5.91 Å². The SMILES string of the molecule is O=C(CNCc1ccccc1)NCc1cccnc1. The van der Waals surface area contributed by atoms with Crippen LogP contribution in [0.1, 0.15) is 11.1 Å². The summed E-state index contributed by atoms with van der Waals surface area (Å²) in [6, 6.07) is 13.8. The molecule has 0 unspecified atom stereocenters. The second-order valence-corrected chi connectivity index (χ2v) is 4.23. The first-order chi connectivity index (χ1) is 9.34. The van der Waals surface area contributed by atoms with E-state index in [1.54, 1.807) is 12.4 Å². The molecule has 0 fully saturated rings. The van der Waals surface area contributed by atoms with Gasteiger partial charge in [0.25, 0.3) is 0 Å². The number of benzene rings is 1. The molecule has 0 aliphatic heterocycles. The van der Waals surface area contributed by atoms with Crippen molar-refractivity contribution < 1.29 is 4.79 Å². The van der Waals surface area contributed by atoms with Gasteiger partial charge in [-0.1, -0.05) is 36.4 Å². The van der Waals surface area contributed by atoms with Crippen LogP contribution >= 0.6 is 0 Å². The van der Waals surface area contributed by atoms with Crippen molar-refractivity contribution in [3.63, 3.8) is 0 Å². The second kappa shape index (κ2) is 7.28. The molecule has 0 saturated heterocycles. The van der Waals surface area contributed by atoms with E-state index in [0.29, 0.717) is 19.6 Å². The molecule has 0 bridgehead atoms. The van der Waals surface area contributed by atoms with Crippen LogP contribution < -0.4 is 10.6 Å². The molecular formula is C15H17N3O. The zero-order valence-electron chi connectivity index (χ0n) is 10.7. The van der Waals surface area contributed by atoms with Crippen molar-refractivity contribution in [3.05, 3.63) is 66.0 Å². The van der Waals surface area contributed by atoms with Gasteiger partial charge in [-0.3, -0.25) is 9.78 Å². The van der Waals surface area contributed by atoms with E-state index in [2.05, 4.69) is 15.6 Å². The van der Waals surface area contributed by atoms with Gasteiger partial charge in [-0.25, -0.2) is 0 Å². The minimum absolute atomic E-state index is 0.0141. The molecule has 2 aromatic rings. The van der Waals surface area contributed by atoms with Crippen molar-refractivity contribution in [3.8, 4) is 0 Å². The number of carbonyl (C=O) groups is 1. The predicted octanol–water partition coefficient (Wildman–Crippen LogP) is 1.49. The molecule has 0 spiro atoms. The van der Waals surface area contributed by atoms with Crippen LogP contribution in [0.3, 0.4) is 0 Å². The minimum atomic E-state index is -0.0141. The molecule has 0 atom stereocenters. The van der Waals surface area contributed by atoms with Gasteiger partial charge in [0.1, 0.15) is 0 Å². The smallest absolute Gasteiger partial charge is 0.234 e. The van der Waals surface area contributed by atoms with E-state index in [1.807, 2.05) is 42.5 Å². The van der Waals surface area contributed by atoms with Crippen LogP contribution in [-0.4, -0.2) is 17.4 Å². The molecular weight excluding hydrogens is 238 g/mol.